The summed E-state index contributed by atoms with van der Waals surface area (Å²) < 4.78 is 42.8. The second kappa shape index (κ2) is 10.2. The molecule has 0 aliphatic carbocycles. The van der Waals surface area contributed by atoms with E-state index < -0.39 is 35.4 Å². The highest BCUT2D eigenvalue weighted by atomic mass is 35.5. The minimum absolute atomic E-state index is 0.00268. The second-order valence-corrected chi connectivity index (χ2v) is 8.87. The van der Waals surface area contributed by atoms with Crippen LogP contribution in [0.25, 0.3) is 0 Å². The average molecular weight is 521 g/mol. The number of carbonyl (C=O) groups excluding carboxylic acids is 2. The highest BCUT2D eigenvalue weighted by Gasteiger charge is 2.37. The number of aromatic nitrogens is 3. The molecule has 1 aliphatic heterocycles. The number of halogens is 4. The molecular formula is C24H24ClF3N6O2. The molecule has 12 heteroatoms. The van der Waals surface area contributed by atoms with Crippen molar-refractivity contribution in [2.45, 2.75) is 38.5 Å². The van der Waals surface area contributed by atoms with E-state index in [1.54, 1.807) is 19.1 Å². The van der Waals surface area contributed by atoms with Crippen molar-refractivity contribution in [2.75, 3.05) is 18.9 Å². The van der Waals surface area contributed by atoms with Crippen LogP contribution in [0, 0.1) is 6.92 Å². The van der Waals surface area contributed by atoms with Gasteiger partial charge in [0.05, 0.1) is 23.8 Å². The van der Waals surface area contributed by atoms with Crippen molar-refractivity contribution in [1.29, 1.82) is 0 Å². The molecule has 3 aromatic rings. The van der Waals surface area contributed by atoms with E-state index in [1.807, 2.05) is 16.7 Å². The first-order valence-corrected chi connectivity index (χ1v) is 11.6. The zero-order valence-corrected chi connectivity index (χ0v) is 20.3. The van der Waals surface area contributed by atoms with Gasteiger partial charge in [-0.1, -0.05) is 23.7 Å². The summed E-state index contributed by atoms with van der Waals surface area (Å²) in [4.78, 5) is 26.6. The molecule has 0 spiro atoms. The SMILES string of the molecule is CNC(=O)c1ccc(C(F)(F)F)c(NC(=O)N2CCC[C@@H]2c2nnc(C)n2Cc2ccc(Cl)cc2)c1. The third kappa shape index (κ3) is 5.30. The maximum absolute atomic E-state index is 13.6. The molecule has 2 N–H and O–H groups in total. The first-order valence-electron chi connectivity index (χ1n) is 11.2. The molecule has 2 aromatic carbocycles. The van der Waals surface area contributed by atoms with Gasteiger partial charge in [0.2, 0.25) is 0 Å². The van der Waals surface area contributed by atoms with Gasteiger partial charge < -0.3 is 20.1 Å². The number of nitrogens with zero attached hydrogens (tertiary/aromatic N) is 4. The van der Waals surface area contributed by atoms with Gasteiger partial charge in [-0.3, -0.25) is 4.79 Å². The van der Waals surface area contributed by atoms with Gasteiger partial charge in [0.1, 0.15) is 5.82 Å². The Bertz CT molecular complexity index is 1280. The van der Waals surface area contributed by atoms with Crippen molar-refractivity contribution in [1.82, 2.24) is 25.0 Å². The number of urea groups is 1. The number of amides is 3. The Kier molecular flexibility index (Phi) is 7.21. The molecule has 2 heterocycles. The lowest BCUT2D eigenvalue weighted by molar-refractivity contribution is -0.136. The Labute approximate surface area is 210 Å². The predicted octanol–water partition coefficient (Wildman–Crippen LogP) is 5.04. The number of aryl methyl sites for hydroxylation is 1. The largest absolute Gasteiger partial charge is 0.418 e. The molecular weight excluding hydrogens is 497 g/mol. The fourth-order valence-electron chi connectivity index (χ4n) is 4.26. The Morgan fingerprint density at radius 3 is 2.53 bits per heavy atom. The number of anilines is 1. The molecule has 1 saturated heterocycles. The molecule has 0 radical (unpaired) electrons. The van der Waals surface area contributed by atoms with Gasteiger partial charge in [0.25, 0.3) is 5.91 Å². The highest BCUT2D eigenvalue weighted by molar-refractivity contribution is 6.30. The molecule has 0 unspecified atom stereocenters. The van der Waals surface area contributed by atoms with Crippen LogP contribution in [0.5, 0.6) is 0 Å². The average Bonchev–Trinajstić information content (AvgIpc) is 3.46. The smallest absolute Gasteiger partial charge is 0.355 e. The van der Waals surface area contributed by atoms with Crippen molar-refractivity contribution in [3.63, 3.8) is 0 Å². The van der Waals surface area contributed by atoms with Crippen LogP contribution in [-0.4, -0.2) is 45.2 Å². The lowest BCUT2D eigenvalue weighted by Gasteiger charge is -2.26. The van der Waals surface area contributed by atoms with Gasteiger partial charge in [-0.15, -0.1) is 10.2 Å². The zero-order valence-electron chi connectivity index (χ0n) is 19.6. The molecule has 1 atom stereocenters. The van der Waals surface area contributed by atoms with Crippen LogP contribution in [-0.2, 0) is 12.7 Å². The quantitative estimate of drug-likeness (QED) is 0.493. The van der Waals surface area contributed by atoms with E-state index in [0.717, 1.165) is 23.8 Å². The molecule has 1 fully saturated rings. The van der Waals surface area contributed by atoms with Gasteiger partial charge in [0.15, 0.2) is 5.82 Å². The minimum Gasteiger partial charge on any atom is -0.355 e. The van der Waals surface area contributed by atoms with E-state index in [0.29, 0.717) is 42.6 Å². The van der Waals surface area contributed by atoms with Crippen molar-refractivity contribution < 1.29 is 22.8 Å². The molecule has 36 heavy (non-hydrogen) atoms. The molecule has 190 valence electrons. The van der Waals surface area contributed by atoms with E-state index in [-0.39, 0.29) is 5.56 Å². The molecule has 1 aliphatic rings. The lowest BCUT2D eigenvalue weighted by Crippen LogP contribution is -2.36. The summed E-state index contributed by atoms with van der Waals surface area (Å²) in [7, 11) is 1.37. The Hall–Kier alpha value is -3.60. The first kappa shape index (κ1) is 25.5. The van der Waals surface area contributed by atoms with Crippen LogP contribution in [0.1, 0.15) is 52.0 Å². The van der Waals surface area contributed by atoms with Crippen LogP contribution in [0.4, 0.5) is 23.7 Å². The van der Waals surface area contributed by atoms with E-state index in [9.17, 15) is 22.8 Å². The Morgan fingerprint density at radius 1 is 1.14 bits per heavy atom. The van der Waals surface area contributed by atoms with Gasteiger partial charge in [-0.2, -0.15) is 13.2 Å². The van der Waals surface area contributed by atoms with Crippen LogP contribution in [0.2, 0.25) is 5.02 Å². The Morgan fingerprint density at radius 2 is 1.86 bits per heavy atom. The first-order chi connectivity index (χ1) is 17.1. The summed E-state index contributed by atoms with van der Waals surface area (Å²) >= 11 is 5.98. The molecule has 4 rings (SSSR count). The van der Waals surface area contributed by atoms with Gasteiger partial charge >= 0.3 is 12.2 Å². The third-order valence-corrected chi connectivity index (χ3v) is 6.34. The Balaban J connectivity index is 1.61. The van der Waals surface area contributed by atoms with Crippen molar-refractivity contribution in [3.05, 3.63) is 75.8 Å². The molecule has 0 saturated carbocycles. The van der Waals surface area contributed by atoms with E-state index in [2.05, 4.69) is 20.8 Å². The van der Waals surface area contributed by atoms with E-state index in [1.165, 1.54) is 11.9 Å². The number of hydrogen-bond donors (Lipinski definition) is 2. The highest BCUT2D eigenvalue weighted by Crippen LogP contribution is 2.37. The number of benzene rings is 2. The van der Waals surface area contributed by atoms with Crippen LogP contribution >= 0.6 is 11.6 Å². The van der Waals surface area contributed by atoms with Crippen LogP contribution in [0.15, 0.2) is 42.5 Å². The van der Waals surface area contributed by atoms with Crippen LogP contribution in [0.3, 0.4) is 0 Å². The summed E-state index contributed by atoms with van der Waals surface area (Å²) in [6.07, 6.45) is -3.49. The fraction of sp³-hybridized carbons (Fsp3) is 0.333. The summed E-state index contributed by atoms with van der Waals surface area (Å²) in [5, 5.41) is 13.8. The number of alkyl halides is 3. The number of likely N-dealkylation sites (tertiary alicyclic amines) is 1. The minimum atomic E-state index is -4.72. The topological polar surface area (TPSA) is 92.2 Å². The van der Waals surface area contributed by atoms with E-state index >= 15 is 0 Å². The molecule has 3 amide bonds. The second-order valence-electron chi connectivity index (χ2n) is 8.44. The summed E-state index contributed by atoms with van der Waals surface area (Å²) in [5.41, 5.74) is -0.574. The van der Waals surface area contributed by atoms with Crippen molar-refractivity contribution in [3.8, 4) is 0 Å². The van der Waals surface area contributed by atoms with Gasteiger partial charge in [-0.05, 0) is 55.7 Å². The third-order valence-electron chi connectivity index (χ3n) is 6.09. The zero-order chi connectivity index (χ0) is 26.0. The van der Waals surface area contributed by atoms with Gasteiger partial charge in [0, 0.05) is 24.2 Å². The predicted molar refractivity (Wildman–Crippen MR) is 128 cm³/mol. The number of rotatable bonds is 5. The standard InChI is InChI=1S/C24H24ClF3N6O2/c1-14-31-32-21(34(14)13-15-5-8-17(25)9-6-15)20-4-3-11-33(20)23(36)30-19-12-16(22(35)29-2)7-10-18(19)24(26,27)28/h5-10,12,20H,3-4,11,13H2,1-2H3,(H,29,35)(H,30,36)/t20-/m1/s1. The van der Waals surface area contributed by atoms with Gasteiger partial charge in [-0.25, -0.2) is 4.79 Å². The summed E-state index contributed by atoms with van der Waals surface area (Å²) in [5.74, 6) is 0.624. The summed E-state index contributed by atoms with van der Waals surface area (Å²) in [6, 6.07) is 8.99. The fourth-order valence-corrected chi connectivity index (χ4v) is 4.38. The maximum Gasteiger partial charge on any atom is 0.418 e. The lowest BCUT2D eigenvalue weighted by atomic mass is 10.1. The number of carbonyl (C=O) groups is 2. The van der Waals surface area contributed by atoms with Crippen LogP contribution < -0.4 is 10.6 Å². The van der Waals surface area contributed by atoms with Crippen molar-refractivity contribution in [2.24, 2.45) is 0 Å². The maximum atomic E-state index is 13.6. The van der Waals surface area contributed by atoms with E-state index in [4.69, 9.17) is 11.6 Å². The molecule has 0 bridgehead atoms. The normalized spacial score (nSPS) is 15.7. The molecule has 8 nitrogen and oxygen atoms in total. The monoisotopic (exact) mass is 520 g/mol. The number of nitrogens with one attached hydrogen (secondary N) is 2. The molecule has 1 aromatic heterocycles. The van der Waals surface area contributed by atoms with Crippen molar-refractivity contribution >= 4 is 29.2 Å². The summed E-state index contributed by atoms with van der Waals surface area (Å²) in [6.45, 7) is 2.58. The number of hydrogen-bond acceptors (Lipinski definition) is 4.